The SMILES string of the molecule is COc1cc(OCCO)ccc1NC(=O)[C@@H]1N[C@@H](CC(C)(C)C)[C@@]2(C(=O)Nc3cc(Cl)cnc32)[C@H]1c1cccc(Cl)c1. The highest BCUT2D eigenvalue weighted by atomic mass is 35.5. The smallest absolute Gasteiger partial charge is 0.242 e. The molecular formula is C31H34Cl2N4O5. The highest BCUT2D eigenvalue weighted by Gasteiger charge is 2.66. The molecule has 1 saturated heterocycles. The molecule has 1 aromatic heterocycles. The Bertz CT molecular complexity index is 1510. The number of anilines is 2. The maximum Gasteiger partial charge on any atom is 0.242 e. The number of aliphatic hydroxyl groups is 1. The Morgan fingerprint density at radius 2 is 1.93 bits per heavy atom. The Labute approximate surface area is 254 Å². The number of nitrogens with one attached hydrogen (secondary N) is 3. The predicted octanol–water partition coefficient (Wildman–Crippen LogP) is 5.16. The van der Waals surface area contributed by atoms with Gasteiger partial charge in [0.2, 0.25) is 11.8 Å². The van der Waals surface area contributed by atoms with E-state index in [1.165, 1.54) is 13.3 Å². The lowest BCUT2D eigenvalue weighted by Gasteiger charge is -2.36. The first kappa shape index (κ1) is 30.1. The lowest BCUT2D eigenvalue weighted by Crippen LogP contribution is -2.50. The third-order valence-electron chi connectivity index (χ3n) is 7.72. The summed E-state index contributed by atoms with van der Waals surface area (Å²) in [7, 11) is 1.49. The van der Waals surface area contributed by atoms with E-state index in [1.807, 2.05) is 12.1 Å². The van der Waals surface area contributed by atoms with Crippen molar-refractivity contribution in [2.24, 2.45) is 5.41 Å². The summed E-state index contributed by atoms with van der Waals surface area (Å²) in [5.74, 6) is -0.401. The third-order valence-corrected chi connectivity index (χ3v) is 8.16. The van der Waals surface area contributed by atoms with Crippen molar-refractivity contribution < 1.29 is 24.2 Å². The summed E-state index contributed by atoms with van der Waals surface area (Å²) in [5, 5.41) is 19.5. The second kappa shape index (κ2) is 11.7. The van der Waals surface area contributed by atoms with E-state index >= 15 is 0 Å². The lowest BCUT2D eigenvalue weighted by atomic mass is 9.64. The van der Waals surface area contributed by atoms with Gasteiger partial charge < -0.3 is 30.5 Å². The van der Waals surface area contributed by atoms with Crippen LogP contribution in [0.5, 0.6) is 11.5 Å². The van der Waals surface area contributed by atoms with E-state index in [-0.39, 0.29) is 30.4 Å². The number of benzene rings is 2. The van der Waals surface area contributed by atoms with Crippen LogP contribution in [-0.4, -0.2) is 54.3 Å². The van der Waals surface area contributed by atoms with Gasteiger partial charge in [-0.05, 0) is 47.7 Å². The quantitative estimate of drug-likeness (QED) is 0.277. The zero-order chi connectivity index (χ0) is 30.2. The number of halogens is 2. The van der Waals surface area contributed by atoms with Gasteiger partial charge >= 0.3 is 0 Å². The minimum atomic E-state index is -1.23. The molecule has 2 amide bonds. The summed E-state index contributed by atoms with van der Waals surface area (Å²) in [4.78, 5) is 33.2. The topological polar surface area (TPSA) is 122 Å². The van der Waals surface area contributed by atoms with Crippen LogP contribution < -0.4 is 25.4 Å². The van der Waals surface area contributed by atoms with Crippen LogP contribution in [0.15, 0.2) is 54.7 Å². The van der Waals surface area contributed by atoms with Crippen molar-refractivity contribution in [2.75, 3.05) is 31.0 Å². The molecule has 42 heavy (non-hydrogen) atoms. The predicted molar refractivity (Wildman–Crippen MR) is 163 cm³/mol. The number of carbonyl (C=O) groups excluding carboxylic acids is 2. The fourth-order valence-electron chi connectivity index (χ4n) is 6.19. The number of amides is 2. The van der Waals surface area contributed by atoms with Crippen molar-refractivity contribution in [3.05, 3.63) is 76.0 Å². The maximum absolute atomic E-state index is 14.2. The average Bonchev–Trinajstić information content (AvgIpc) is 3.41. The lowest BCUT2D eigenvalue weighted by molar-refractivity contribution is -0.122. The van der Waals surface area contributed by atoms with Gasteiger partial charge in [0.05, 0.1) is 41.8 Å². The molecule has 222 valence electrons. The fraction of sp³-hybridized carbons (Fsp3) is 0.387. The summed E-state index contributed by atoms with van der Waals surface area (Å²) in [6, 6.07) is 12.6. The van der Waals surface area contributed by atoms with E-state index in [1.54, 1.807) is 36.4 Å². The number of aromatic nitrogens is 1. The standard InChI is InChI=1S/C31H34Cl2N4O5/c1-30(2,3)15-24-31(27-22(36-29(31)40)13-19(33)16-34-27)25(17-6-5-7-18(32)12-17)26(37-24)28(39)35-21-9-8-20(42-11-10-38)14-23(21)41-4/h5-9,12-14,16,24-26,37-38H,10-11,15H2,1-4H3,(H,35,39)(H,36,40)/t24-,25-,26+,31+/m0/s1. The van der Waals surface area contributed by atoms with Gasteiger partial charge in [-0.3, -0.25) is 14.6 Å². The van der Waals surface area contributed by atoms with Gasteiger partial charge in [-0.2, -0.15) is 0 Å². The molecule has 3 aromatic rings. The van der Waals surface area contributed by atoms with Gasteiger partial charge in [0.1, 0.15) is 23.5 Å². The molecule has 4 N–H and O–H groups in total. The van der Waals surface area contributed by atoms with E-state index < -0.39 is 23.4 Å². The van der Waals surface area contributed by atoms with Gasteiger partial charge in [-0.1, -0.05) is 56.1 Å². The molecule has 1 spiro atoms. The van der Waals surface area contributed by atoms with Gasteiger partial charge in [0, 0.05) is 29.2 Å². The Hall–Kier alpha value is -3.37. The fourth-order valence-corrected chi connectivity index (χ4v) is 6.54. The molecule has 2 aromatic carbocycles. The van der Waals surface area contributed by atoms with E-state index in [4.69, 9.17) is 42.8 Å². The van der Waals surface area contributed by atoms with Crippen LogP contribution in [0.2, 0.25) is 10.0 Å². The number of hydrogen-bond donors (Lipinski definition) is 4. The number of fused-ring (bicyclic) bond motifs is 2. The Morgan fingerprint density at radius 1 is 1.14 bits per heavy atom. The molecule has 2 aliphatic rings. The second-order valence-electron chi connectivity index (χ2n) is 11.8. The molecule has 3 heterocycles. The van der Waals surface area contributed by atoms with Gasteiger partial charge in [0.15, 0.2) is 0 Å². The highest BCUT2D eigenvalue weighted by Crippen LogP contribution is 2.56. The molecular weight excluding hydrogens is 579 g/mol. The van der Waals surface area contributed by atoms with Crippen LogP contribution in [0.25, 0.3) is 0 Å². The Balaban J connectivity index is 1.63. The zero-order valence-electron chi connectivity index (χ0n) is 23.8. The van der Waals surface area contributed by atoms with Crippen LogP contribution in [0, 0.1) is 5.41 Å². The van der Waals surface area contributed by atoms with Crippen molar-refractivity contribution >= 4 is 46.4 Å². The number of rotatable bonds is 8. The summed E-state index contributed by atoms with van der Waals surface area (Å²) in [5.41, 5.74) is 0.804. The largest absolute Gasteiger partial charge is 0.494 e. The van der Waals surface area contributed by atoms with Crippen LogP contribution in [0.3, 0.4) is 0 Å². The first-order valence-corrected chi connectivity index (χ1v) is 14.4. The normalized spacial score (nSPS) is 23.0. The first-order chi connectivity index (χ1) is 20.0. The summed E-state index contributed by atoms with van der Waals surface area (Å²) >= 11 is 12.7. The van der Waals surface area contributed by atoms with Gasteiger partial charge in [0.25, 0.3) is 0 Å². The summed E-state index contributed by atoms with van der Waals surface area (Å²) in [6.07, 6.45) is 2.11. The van der Waals surface area contributed by atoms with E-state index in [0.29, 0.717) is 45.0 Å². The number of methoxy groups -OCH3 is 1. The van der Waals surface area contributed by atoms with Crippen molar-refractivity contribution in [3.8, 4) is 11.5 Å². The number of nitrogens with zero attached hydrogens (tertiary/aromatic N) is 1. The van der Waals surface area contributed by atoms with Gasteiger partial charge in [-0.15, -0.1) is 0 Å². The zero-order valence-corrected chi connectivity index (χ0v) is 25.3. The molecule has 0 bridgehead atoms. The average molecular weight is 614 g/mol. The van der Waals surface area contributed by atoms with E-state index in [2.05, 4.69) is 36.7 Å². The summed E-state index contributed by atoms with van der Waals surface area (Å²) in [6.45, 7) is 6.28. The number of aliphatic hydroxyl groups excluding tert-OH is 1. The van der Waals surface area contributed by atoms with Crippen LogP contribution >= 0.6 is 23.2 Å². The third kappa shape index (κ3) is 5.54. The maximum atomic E-state index is 14.2. The van der Waals surface area contributed by atoms with Crippen LogP contribution in [0.4, 0.5) is 11.4 Å². The van der Waals surface area contributed by atoms with Crippen molar-refractivity contribution in [2.45, 2.75) is 50.6 Å². The summed E-state index contributed by atoms with van der Waals surface area (Å²) < 4.78 is 11.0. The van der Waals surface area contributed by atoms with E-state index in [0.717, 1.165) is 5.56 Å². The van der Waals surface area contributed by atoms with Crippen molar-refractivity contribution in [1.82, 2.24) is 10.3 Å². The number of hydrogen-bond acceptors (Lipinski definition) is 7. The highest BCUT2D eigenvalue weighted by molar-refractivity contribution is 6.31. The molecule has 0 aliphatic carbocycles. The number of carbonyl (C=O) groups is 2. The Morgan fingerprint density at radius 3 is 2.62 bits per heavy atom. The molecule has 5 rings (SSSR count). The molecule has 2 aliphatic heterocycles. The first-order valence-electron chi connectivity index (χ1n) is 13.7. The Kier molecular flexibility index (Phi) is 8.40. The number of pyridine rings is 1. The van der Waals surface area contributed by atoms with Gasteiger partial charge in [-0.25, -0.2) is 0 Å². The minimum Gasteiger partial charge on any atom is -0.494 e. The molecule has 4 atom stereocenters. The minimum absolute atomic E-state index is 0.127. The second-order valence-corrected chi connectivity index (χ2v) is 12.7. The van der Waals surface area contributed by atoms with E-state index in [9.17, 15) is 9.59 Å². The number of ether oxygens (including phenoxy) is 2. The molecule has 0 radical (unpaired) electrons. The molecule has 9 nitrogen and oxygen atoms in total. The monoisotopic (exact) mass is 612 g/mol. The molecule has 0 saturated carbocycles. The molecule has 1 fully saturated rings. The van der Waals surface area contributed by atoms with Crippen LogP contribution in [-0.2, 0) is 15.0 Å². The molecule has 11 heteroatoms. The molecule has 0 unspecified atom stereocenters. The van der Waals surface area contributed by atoms with Crippen molar-refractivity contribution in [3.63, 3.8) is 0 Å². The van der Waals surface area contributed by atoms with Crippen molar-refractivity contribution in [1.29, 1.82) is 0 Å². The van der Waals surface area contributed by atoms with Crippen LogP contribution in [0.1, 0.15) is 44.4 Å².